The van der Waals surface area contributed by atoms with E-state index in [4.69, 9.17) is 4.74 Å². The fourth-order valence-corrected chi connectivity index (χ4v) is 4.44. The molecule has 1 saturated heterocycles. The third-order valence-corrected chi connectivity index (χ3v) is 6.03. The van der Waals surface area contributed by atoms with Crippen LogP contribution in [0.3, 0.4) is 0 Å². The van der Waals surface area contributed by atoms with Crippen molar-refractivity contribution in [3.05, 3.63) is 77.7 Å². The number of ether oxygens (including phenoxy) is 1. The summed E-state index contributed by atoms with van der Waals surface area (Å²) in [4.78, 5) is 13.4. The first-order valence-corrected chi connectivity index (χ1v) is 10.7. The summed E-state index contributed by atoms with van der Waals surface area (Å²) in [5.74, 6) is 2.75. The van der Waals surface area contributed by atoms with Crippen molar-refractivity contribution in [3.8, 4) is 11.5 Å². The van der Waals surface area contributed by atoms with Crippen LogP contribution in [-0.4, -0.2) is 62.9 Å². The Morgan fingerprint density at radius 1 is 1.00 bits per heavy atom. The van der Waals surface area contributed by atoms with Crippen molar-refractivity contribution in [1.29, 1.82) is 0 Å². The minimum Gasteiger partial charge on any atom is -0.508 e. The highest BCUT2D eigenvalue weighted by Crippen LogP contribution is 2.35. The van der Waals surface area contributed by atoms with Gasteiger partial charge in [-0.05, 0) is 30.7 Å². The Kier molecular flexibility index (Phi) is 5.36. The zero-order valence-electron chi connectivity index (χ0n) is 18.2. The molecule has 1 aliphatic heterocycles. The van der Waals surface area contributed by atoms with Crippen LogP contribution >= 0.6 is 0 Å². The second kappa shape index (κ2) is 8.47. The van der Waals surface area contributed by atoms with E-state index in [2.05, 4.69) is 43.1 Å². The van der Waals surface area contributed by atoms with E-state index in [0.717, 1.165) is 54.6 Å². The van der Waals surface area contributed by atoms with Crippen LogP contribution in [0.15, 0.2) is 60.9 Å². The summed E-state index contributed by atoms with van der Waals surface area (Å²) < 4.78 is 7.14. The maximum atomic E-state index is 10.6. The van der Waals surface area contributed by atoms with E-state index in [-0.39, 0.29) is 6.04 Å². The number of hydrogen-bond donors (Lipinski definition) is 1. The van der Waals surface area contributed by atoms with Crippen molar-refractivity contribution < 1.29 is 9.84 Å². The van der Waals surface area contributed by atoms with Gasteiger partial charge in [0.1, 0.15) is 23.6 Å². The number of rotatable bonds is 5. The van der Waals surface area contributed by atoms with Crippen LogP contribution in [0.1, 0.15) is 22.9 Å². The number of aryl methyl sites for hydroxylation is 1. The zero-order valence-corrected chi connectivity index (χ0v) is 18.2. The van der Waals surface area contributed by atoms with Crippen LogP contribution < -0.4 is 9.64 Å². The molecule has 164 valence electrons. The molecule has 0 bridgehead atoms. The topological polar surface area (TPSA) is 79.0 Å². The lowest BCUT2D eigenvalue weighted by atomic mass is 9.95. The van der Waals surface area contributed by atoms with E-state index in [1.54, 1.807) is 24.0 Å². The maximum absolute atomic E-state index is 10.6. The molecule has 0 amide bonds. The normalized spacial score (nSPS) is 15.8. The maximum Gasteiger partial charge on any atom is 0.254 e. The largest absolute Gasteiger partial charge is 0.508 e. The van der Waals surface area contributed by atoms with Crippen LogP contribution in [0, 0.1) is 6.92 Å². The molecule has 3 heterocycles. The SMILES string of the molecule is COc1ccc(C(c2ccccc2O)N2CCN(c3cc(C)nc4ncnn34)CC2)cc1. The molecule has 8 nitrogen and oxygen atoms in total. The summed E-state index contributed by atoms with van der Waals surface area (Å²) in [6, 6.07) is 17.7. The number of hydrogen-bond acceptors (Lipinski definition) is 7. The first-order chi connectivity index (χ1) is 15.6. The molecule has 5 rings (SSSR count). The number of fused-ring (bicyclic) bond motifs is 1. The third-order valence-electron chi connectivity index (χ3n) is 6.03. The van der Waals surface area contributed by atoms with Crippen LogP contribution in [0.2, 0.25) is 0 Å². The number of methoxy groups -OCH3 is 1. The van der Waals surface area contributed by atoms with Crippen LogP contribution in [0.4, 0.5) is 5.82 Å². The number of phenols is 1. The molecule has 4 aromatic rings. The summed E-state index contributed by atoms with van der Waals surface area (Å²) in [6.07, 6.45) is 1.54. The molecule has 2 aromatic carbocycles. The van der Waals surface area contributed by atoms with Crippen molar-refractivity contribution in [2.75, 3.05) is 38.2 Å². The molecule has 1 atom stereocenters. The monoisotopic (exact) mass is 430 g/mol. The summed E-state index contributed by atoms with van der Waals surface area (Å²) in [6.45, 7) is 5.31. The van der Waals surface area contributed by atoms with Crippen molar-refractivity contribution >= 4 is 11.6 Å². The Hall–Kier alpha value is -3.65. The second-order valence-electron chi connectivity index (χ2n) is 7.99. The quantitative estimate of drug-likeness (QED) is 0.521. The molecule has 8 heteroatoms. The van der Waals surface area contributed by atoms with E-state index >= 15 is 0 Å². The molecule has 1 unspecified atom stereocenters. The fraction of sp³-hybridized carbons (Fsp3) is 0.292. The molecule has 0 radical (unpaired) electrons. The molecular formula is C24H26N6O2. The number of piperazine rings is 1. The predicted octanol–water partition coefficient (Wildman–Crippen LogP) is 3.06. The van der Waals surface area contributed by atoms with Crippen LogP contribution in [-0.2, 0) is 0 Å². The minimum atomic E-state index is -0.0465. The van der Waals surface area contributed by atoms with E-state index in [0.29, 0.717) is 11.5 Å². The second-order valence-corrected chi connectivity index (χ2v) is 7.99. The average molecular weight is 431 g/mol. The van der Waals surface area contributed by atoms with Gasteiger partial charge in [-0.2, -0.15) is 14.6 Å². The van der Waals surface area contributed by atoms with Gasteiger partial charge < -0.3 is 14.7 Å². The highest BCUT2D eigenvalue weighted by Gasteiger charge is 2.29. The smallest absolute Gasteiger partial charge is 0.254 e. The Morgan fingerprint density at radius 2 is 1.75 bits per heavy atom. The zero-order chi connectivity index (χ0) is 22.1. The number of aromatic hydroxyl groups is 1. The summed E-state index contributed by atoms with van der Waals surface area (Å²) in [5, 5.41) is 15.0. The summed E-state index contributed by atoms with van der Waals surface area (Å²) in [7, 11) is 1.67. The molecule has 2 aromatic heterocycles. The molecule has 1 N–H and O–H groups in total. The first-order valence-electron chi connectivity index (χ1n) is 10.7. The average Bonchev–Trinajstić information content (AvgIpc) is 3.29. The highest BCUT2D eigenvalue weighted by molar-refractivity contribution is 5.48. The Morgan fingerprint density at radius 3 is 2.47 bits per heavy atom. The van der Waals surface area contributed by atoms with Gasteiger partial charge >= 0.3 is 0 Å². The summed E-state index contributed by atoms with van der Waals surface area (Å²) >= 11 is 0. The highest BCUT2D eigenvalue weighted by atomic mass is 16.5. The molecule has 0 spiro atoms. The lowest BCUT2D eigenvalue weighted by Gasteiger charge is -2.40. The number of benzene rings is 2. The molecule has 1 fully saturated rings. The first kappa shape index (κ1) is 20.3. The fourth-order valence-electron chi connectivity index (χ4n) is 4.44. The van der Waals surface area contributed by atoms with Crippen molar-refractivity contribution in [2.24, 2.45) is 0 Å². The van der Waals surface area contributed by atoms with Gasteiger partial charge in [0.25, 0.3) is 5.78 Å². The van der Waals surface area contributed by atoms with E-state index in [1.165, 1.54) is 0 Å². The molecule has 1 aliphatic rings. The van der Waals surface area contributed by atoms with Crippen molar-refractivity contribution in [3.63, 3.8) is 0 Å². The number of phenolic OH excluding ortho intramolecular Hbond substituents is 1. The van der Waals surface area contributed by atoms with Gasteiger partial charge in [-0.15, -0.1) is 0 Å². The van der Waals surface area contributed by atoms with E-state index < -0.39 is 0 Å². The molecule has 32 heavy (non-hydrogen) atoms. The Balaban J connectivity index is 1.43. The van der Waals surface area contributed by atoms with Crippen molar-refractivity contribution in [2.45, 2.75) is 13.0 Å². The number of aromatic nitrogens is 4. The van der Waals surface area contributed by atoms with E-state index in [1.807, 2.05) is 37.3 Å². The Labute approximate surface area is 186 Å². The van der Waals surface area contributed by atoms with Gasteiger partial charge in [0, 0.05) is 43.5 Å². The van der Waals surface area contributed by atoms with Crippen molar-refractivity contribution in [1.82, 2.24) is 24.5 Å². The van der Waals surface area contributed by atoms with Gasteiger partial charge in [-0.25, -0.2) is 4.98 Å². The van der Waals surface area contributed by atoms with Gasteiger partial charge in [0.05, 0.1) is 13.2 Å². The van der Waals surface area contributed by atoms with Gasteiger partial charge in [-0.3, -0.25) is 4.90 Å². The number of nitrogens with zero attached hydrogens (tertiary/aromatic N) is 6. The Bertz CT molecular complexity index is 1210. The minimum absolute atomic E-state index is 0.0465. The van der Waals surface area contributed by atoms with E-state index in [9.17, 15) is 5.11 Å². The standard InChI is InChI=1S/C24H26N6O2/c1-17-15-22(30-24(27-17)25-16-26-30)28-11-13-29(14-12-28)23(20-5-3-4-6-21(20)31)18-7-9-19(32-2)10-8-18/h3-10,15-16,23,31H,11-14H2,1-2H3. The van der Waals surface area contributed by atoms with Crippen LogP contribution in [0.25, 0.3) is 5.78 Å². The third kappa shape index (κ3) is 3.73. The van der Waals surface area contributed by atoms with Gasteiger partial charge in [0.2, 0.25) is 0 Å². The summed E-state index contributed by atoms with van der Waals surface area (Å²) in [5.41, 5.74) is 2.96. The van der Waals surface area contributed by atoms with Crippen LogP contribution in [0.5, 0.6) is 11.5 Å². The number of anilines is 1. The number of para-hydroxylation sites is 1. The predicted molar refractivity (Wildman–Crippen MR) is 122 cm³/mol. The van der Waals surface area contributed by atoms with Gasteiger partial charge in [-0.1, -0.05) is 30.3 Å². The lowest BCUT2D eigenvalue weighted by molar-refractivity contribution is 0.208. The lowest BCUT2D eigenvalue weighted by Crippen LogP contribution is -2.48. The molecular weight excluding hydrogens is 404 g/mol. The molecule has 0 aliphatic carbocycles. The van der Waals surface area contributed by atoms with Gasteiger partial charge in [0.15, 0.2) is 0 Å². The molecule has 0 saturated carbocycles.